The van der Waals surface area contributed by atoms with Crippen LogP contribution < -0.4 is 10.2 Å². The first-order valence-electron chi connectivity index (χ1n) is 10.1. The molecule has 1 saturated heterocycles. The van der Waals surface area contributed by atoms with E-state index in [0.717, 1.165) is 28.9 Å². The van der Waals surface area contributed by atoms with Gasteiger partial charge in [-0.05, 0) is 66.4 Å². The van der Waals surface area contributed by atoms with Gasteiger partial charge < -0.3 is 5.32 Å². The molecule has 0 bridgehead atoms. The number of carbonyl (C=O) groups excluding carboxylic acids is 2. The van der Waals surface area contributed by atoms with Crippen LogP contribution in [-0.4, -0.2) is 17.6 Å². The minimum Gasteiger partial charge on any atom is -0.322 e. The van der Waals surface area contributed by atoms with Crippen molar-refractivity contribution >= 4 is 35.0 Å². The summed E-state index contributed by atoms with van der Waals surface area (Å²) in [4.78, 5) is 26.9. The maximum Gasteiger partial charge on any atom is 0.255 e. The van der Waals surface area contributed by atoms with Crippen LogP contribution in [0.1, 0.15) is 39.3 Å². The van der Waals surface area contributed by atoms with Gasteiger partial charge in [0.15, 0.2) is 0 Å². The van der Waals surface area contributed by atoms with Gasteiger partial charge in [0.1, 0.15) is 5.37 Å². The molecule has 0 spiro atoms. The molecule has 30 heavy (non-hydrogen) atoms. The van der Waals surface area contributed by atoms with Crippen LogP contribution >= 0.6 is 11.8 Å². The normalized spacial score (nSPS) is 16.0. The van der Waals surface area contributed by atoms with Crippen LogP contribution in [-0.2, 0) is 11.2 Å². The standard InChI is InChI=1S/C25H24N2O2S/c1-3-18-7-9-19(10-8-18)24(29)26-21-13-11-20(12-14-21)25-27(23(28)16-30-25)22-6-4-5-17(2)15-22/h4-15,25H,3,16H2,1-2H3,(H,26,29). The van der Waals surface area contributed by atoms with Crippen molar-refractivity contribution in [2.75, 3.05) is 16.0 Å². The zero-order valence-electron chi connectivity index (χ0n) is 17.1. The second-order valence-electron chi connectivity index (χ2n) is 7.39. The topological polar surface area (TPSA) is 49.4 Å². The van der Waals surface area contributed by atoms with Gasteiger partial charge in [-0.1, -0.05) is 43.3 Å². The molecule has 4 nitrogen and oxygen atoms in total. The number of hydrogen-bond acceptors (Lipinski definition) is 3. The predicted octanol–water partition coefficient (Wildman–Crippen LogP) is 5.59. The van der Waals surface area contributed by atoms with E-state index in [1.54, 1.807) is 11.8 Å². The SMILES string of the molecule is CCc1ccc(C(=O)Nc2ccc(C3SCC(=O)N3c3cccc(C)c3)cc2)cc1. The molecule has 1 fully saturated rings. The van der Waals surface area contributed by atoms with Crippen LogP contribution in [0.5, 0.6) is 0 Å². The minimum atomic E-state index is -0.128. The van der Waals surface area contributed by atoms with Gasteiger partial charge >= 0.3 is 0 Å². The molecule has 2 amide bonds. The molecular formula is C25H24N2O2S. The van der Waals surface area contributed by atoms with E-state index < -0.39 is 0 Å². The largest absolute Gasteiger partial charge is 0.322 e. The van der Waals surface area contributed by atoms with Crippen LogP contribution in [0.3, 0.4) is 0 Å². The number of amides is 2. The summed E-state index contributed by atoms with van der Waals surface area (Å²) in [5, 5.41) is 2.88. The Bertz CT molecular complexity index is 1060. The minimum absolute atomic E-state index is 0.0642. The molecule has 1 unspecified atom stereocenters. The summed E-state index contributed by atoms with van der Waals surface area (Å²) < 4.78 is 0. The highest BCUT2D eigenvalue weighted by Gasteiger charge is 2.34. The molecule has 0 saturated carbocycles. The van der Waals surface area contributed by atoms with Gasteiger partial charge in [0.25, 0.3) is 5.91 Å². The number of benzene rings is 3. The van der Waals surface area contributed by atoms with E-state index in [1.165, 1.54) is 5.56 Å². The third-order valence-electron chi connectivity index (χ3n) is 5.23. The van der Waals surface area contributed by atoms with Crippen LogP contribution in [0.2, 0.25) is 0 Å². The highest BCUT2D eigenvalue weighted by molar-refractivity contribution is 8.00. The lowest BCUT2D eigenvalue weighted by molar-refractivity contribution is -0.115. The zero-order valence-corrected chi connectivity index (χ0v) is 17.9. The van der Waals surface area contributed by atoms with E-state index in [2.05, 4.69) is 12.2 Å². The van der Waals surface area contributed by atoms with Gasteiger partial charge in [0.2, 0.25) is 5.91 Å². The van der Waals surface area contributed by atoms with Crippen molar-refractivity contribution in [1.82, 2.24) is 0 Å². The van der Waals surface area contributed by atoms with Crippen molar-refractivity contribution in [2.45, 2.75) is 25.6 Å². The maximum absolute atomic E-state index is 12.5. The Hall–Kier alpha value is -3.05. The molecule has 0 aromatic heterocycles. The lowest BCUT2D eigenvalue weighted by atomic mass is 10.1. The quantitative estimate of drug-likeness (QED) is 0.590. The van der Waals surface area contributed by atoms with Crippen molar-refractivity contribution in [3.63, 3.8) is 0 Å². The molecule has 1 aliphatic rings. The summed E-state index contributed by atoms with van der Waals surface area (Å²) in [5.74, 6) is 0.450. The van der Waals surface area contributed by atoms with Crippen molar-refractivity contribution < 1.29 is 9.59 Å². The second kappa shape index (κ2) is 8.76. The average molecular weight is 417 g/mol. The molecule has 0 aliphatic carbocycles. The Kier molecular flexibility index (Phi) is 5.91. The monoisotopic (exact) mass is 416 g/mol. The summed E-state index contributed by atoms with van der Waals surface area (Å²) in [5.41, 5.74) is 5.66. The molecule has 1 N–H and O–H groups in total. The number of anilines is 2. The van der Waals surface area contributed by atoms with E-state index in [9.17, 15) is 9.59 Å². The van der Waals surface area contributed by atoms with Crippen molar-refractivity contribution in [1.29, 1.82) is 0 Å². The zero-order chi connectivity index (χ0) is 21.1. The number of rotatable bonds is 5. The van der Waals surface area contributed by atoms with Gasteiger partial charge in [-0.3, -0.25) is 14.5 Å². The molecule has 4 rings (SSSR count). The lowest BCUT2D eigenvalue weighted by Crippen LogP contribution is -2.27. The van der Waals surface area contributed by atoms with Gasteiger partial charge in [-0.15, -0.1) is 11.8 Å². The summed E-state index contributed by atoms with van der Waals surface area (Å²) in [6.07, 6.45) is 0.949. The number of aryl methyl sites for hydroxylation is 2. The van der Waals surface area contributed by atoms with E-state index in [1.807, 2.05) is 84.6 Å². The molecule has 1 atom stereocenters. The Morgan fingerprint density at radius 3 is 2.47 bits per heavy atom. The Labute approximate surface area is 181 Å². The first-order chi connectivity index (χ1) is 14.5. The highest BCUT2D eigenvalue weighted by atomic mass is 32.2. The first kappa shape index (κ1) is 20.2. The van der Waals surface area contributed by atoms with Crippen molar-refractivity contribution in [2.24, 2.45) is 0 Å². The van der Waals surface area contributed by atoms with E-state index in [0.29, 0.717) is 11.3 Å². The number of nitrogens with one attached hydrogen (secondary N) is 1. The molecule has 0 radical (unpaired) electrons. The highest BCUT2D eigenvalue weighted by Crippen LogP contribution is 2.42. The third-order valence-corrected chi connectivity index (χ3v) is 6.44. The Morgan fingerprint density at radius 2 is 1.80 bits per heavy atom. The fourth-order valence-electron chi connectivity index (χ4n) is 3.55. The van der Waals surface area contributed by atoms with E-state index in [-0.39, 0.29) is 17.2 Å². The number of hydrogen-bond donors (Lipinski definition) is 1. The fraction of sp³-hybridized carbons (Fsp3) is 0.200. The molecule has 152 valence electrons. The summed E-state index contributed by atoms with van der Waals surface area (Å²) >= 11 is 1.62. The molecule has 5 heteroatoms. The first-order valence-corrected chi connectivity index (χ1v) is 11.1. The number of nitrogens with zero attached hydrogens (tertiary/aromatic N) is 1. The maximum atomic E-state index is 12.5. The van der Waals surface area contributed by atoms with E-state index >= 15 is 0 Å². The van der Waals surface area contributed by atoms with Crippen LogP contribution in [0.15, 0.2) is 72.8 Å². The van der Waals surface area contributed by atoms with Gasteiger partial charge in [0, 0.05) is 16.9 Å². The predicted molar refractivity (Wildman–Crippen MR) is 124 cm³/mol. The van der Waals surface area contributed by atoms with Crippen molar-refractivity contribution in [3.8, 4) is 0 Å². The van der Waals surface area contributed by atoms with Crippen LogP contribution in [0, 0.1) is 6.92 Å². The summed E-state index contributed by atoms with van der Waals surface area (Å²) in [7, 11) is 0. The van der Waals surface area contributed by atoms with Gasteiger partial charge in [-0.2, -0.15) is 0 Å². The molecule has 1 aliphatic heterocycles. The third kappa shape index (κ3) is 4.26. The Morgan fingerprint density at radius 1 is 1.07 bits per heavy atom. The fourth-order valence-corrected chi connectivity index (χ4v) is 4.73. The molecule has 3 aromatic rings. The number of carbonyl (C=O) groups is 2. The second-order valence-corrected chi connectivity index (χ2v) is 8.46. The molecule has 3 aromatic carbocycles. The van der Waals surface area contributed by atoms with Gasteiger partial charge in [-0.25, -0.2) is 0 Å². The number of thioether (sulfide) groups is 1. The summed E-state index contributed by atoms with van der Waals surface area (Å²) in [6.45, 7) is 4.12. The van der Waals surface area contributed by atoms with E-state index in [4.69, 9.17) is 0 Å². The summed E-state index contributed by atoms with van der Waals surface area (Å²) in [6, 6.07) is 23.4. The van der Waals surface area contributed by atoms with Crippen LogP contribution in [0.25, 0.3) is 0 Å². The molecule has 1 heterocycles. The van der Waals surface area contributed by atoms with Crippen molar-refractivity contribution in [3.05, 3.63) is 95.1 Å². The average Bonchev–Trinajstić information content (AvgIpc) is 3.15. The Balaban J connectivity index is 1.49. The van der Waals surface area contributed by atoms with Crippen LogP contribution in [0.4, 0.5) is 11.4 Å². The smallest absolute Gasteiger partial charge is 0.255 e. The van der Waals surface area contributed by atoms with Gasteiger partial charge in [0.05, 0.1) is 5.75 Å². The lowest BCUT2D eigenvalue weighted by Gasteiger charge is -2.25. The molecular weight excluding hydrogens is 392 g/mol.